The Morgan fingerprint density at radius 1 is 1.00 bits per heavy atom. The second-order valence-corrected chi connectivity index (χ2v) is 9.22. The van der Waals surface area contributed by atoms with Gasteiger partial charge in [-0.25, -0.2) is 4.98 Å². The van der Waals surface area contributed by atoms with E-state index in [0.29, 0.717) is 11.7 Å². The quantitative estimate of drug-likeness (QED) is 0.463. The first-order chi connectivity index (χ1) is 17.6. The van der Waals surface area contributed by atoms with E-state index in [4.69, 9.17) is 14.6 Å². The number of allylic oxidation sites excluding steroid dienone is 1. The number of aliphatic imine (C=N–C) groups is 1. The second kappa shape index (κ2) is 10.7. The number of rotatable bonds is 8. The fraction of sp³-hybridized carbons (Fsp3) is 0.370. The van der Waals surface area contributed by atoms with E-state index in [-0.39, 0.29) is 18.4 Å². The summed E-state index contributed by atoms with van der Waals surface area (Å²) in [5.74, 6) is 2.36. The molecule has 1 aliphatic carbocycles. The minimum atomic E-state index is -0.719. The van der Waals surface area contributed by atoms with Crippen LogP contribution in [0.3, 0.4) is 0 Å². The number of nitrogens with one attached hydrogen (secondary N) is 1. The average Bonchev–Trinajstić information content (AvgIpc) is 3.41. The van der Waals surface area contributed by atoms with Crippen molar-refractivity contribution in [2.45, 2.75) is 51.0 Å². The van der Waals surface area contributed by atoms with E-state index in [0.717, 1.165) is 72.5 Å². The highest BCUT2D eigenvalue weighted by atomic mass is 16.5. The van der Waals surface area contributed by atoms with E-state index in [2.05, 4.69) is 25.2 Å². The smallest absolute Gasteiger partial charge is 0.303 e. The lowest BCUT2D eigenvalue weighted by Crippen LogP contribution is -2.25. The molecule has 1 saturated carbocycles. The van der Waals surface area contributed by atoms with E-state index in [9.17, 15) is 4.79 Å². The highest BCUT2D eigenvalue weighted by Crippen LogP contribution is 2.30. The molecule has 36 heavy (non-hydrogen) atoms. The van der Waals surface area contributed by atoms with E-state index in [1.54, 1.807) is 13.3 Å². The van der Waals surface area contributed by atoms with Crippen molar-refractivity contribution < 1.29 is 19.4 Å². The topological polar surface area (TPSA) is 123 Å². The number of carboxylic acids is 1. The van der Waals surface area contributed by atoms with Gasteiger partial charge in [0.05, 0.1) is 7.11 Å². The standard InChI is InChI=1S/C27H29N5O4/c1-35-21-10-4-18(5-11-21)26-30-27(32-31-26)20-6-12-23(28-16-20)19-7-13-24(29-15-19)36-22-8-2-17(3-9-22)14-25(33)34/h4-5,7,10-11,13,15-17,22H,2-3,6,8-9,12,14H2,1H3,(H,33,34)(H,30,31,32)/t17-,22-. The second-order valence-electron chi connectivity index (χ2n) is 9.22. The number of aromatic nitrogens is 4. The number of carbonyl (C=O) groups is 1. The maximum absolute atomic E-state index is 10.9. The number of ether oxygens (including phenoxy) is 2. The molecule has 3 heterocycles. The van der Waals surface area contributed by atoms with Gasteiger partial charge in [0.1, 0.15) is 11.9 Å². The van der Waals surface area contributed by atoms with E-state index in [1.165, 1.54) is 0 Å². The summed E-state index contributed by atoms with van der Waals surface area (Å²) in [5.41, 5.74) is 3.90. The van der Waals surface area contributed by atoms with Crippen molar-refractivity contribution in [2.75, 3.05) is 7.11 Å². The molecular formula is C27H29N5O4. The molecule has 1 aliphatic heterocycles. The van der Waals surface area contributed by atoms with Crippen LogP contribution in [0.15, 0.2) is 53.8 Å². The van der Waals surface area contributed by atoms with Gasteiger partial charge in [0.2, 0.25) is 5.88 Å². The van der Waals surface area contributed by atoms with Crippen LogP contribution in [0.25, 0.3) is 17.0 Å². The van der Waals surface area contributed by atoms with Gasteiger partial charge in [-0.1, -0.05) is 0 Å². The molecule has 0 amide bonds. The average molecular weight is 488 g/mol. The summed E-state index contributed by atoms with van der Waals surface area (Å²) in [5, 5.41) is 17.6. The first kappa shape index (κ1) is 23.7. The van der Waals surface area contributed by atoms with Crippen molar-refractivity contribution in [3.05, 3.63) is 60.2 Å². The zero-order valence-electron chi connectivity index (χ0n) is 20.2. The summed E-state index contributed by atoms with van der Waals surface area (Å²) in [4.78, 5) is 23.3. The van der Waals surface area contributed by atoms with Crippen LogP contribution in [0.2, 0.25) is 0 Å². The molecular weight excluding hydrogens is 458 g/mol. The van der Waals surface area contributed by atoms with Crippen LogP contribution < -0.4 is 9.47 Å². The van der Waals surface area contributed by atoms with Gasteiger partial charge in [-0.15, -0.1) is 10.2 Å². The third-order valence-electron chi connectivity index (χ3n) is 6.78. The molecule has 2 N–H and O–H groups in total. The summed E-state index contributed by atoms with van der Waals surface area (Å²) in [6, 6.07) is 11.6. The zero-order valence-corrected chi connectivity index (χ0v) is 20.2. The Balaban J connectivity index is 1.18. The lowest BCUT2D eigenvalue weighted by molar-refractivity contribution is -0.138. The Bertz CT molecular complexity index is 1260. The fourth-order valence-corrected chi connectivity index (χ4v) is 4.71. The summed E-state index contributed by atoms with van der Waals surface area (Å²) >= 11 is 0. The Morgan fingerprint density at radius 2 is 1.75 bits per heavy atom. The van der Waals surface area contributed by atoms with Gasteiger partial charge in [-0.05, 0) is 74.8 Å². The molecule has 0 bridgehead atoms. The number of carboxylic acid groups (broad SMARTS) is 1. The number of aliphatic carboxylic acids is 1. The van der Waals surface area contributed by atoms with Gasteiger partial charge in [0.15, 0.2) is 11.6 Å². The van der Waals surface area contributed by atoms with Gasteiger partial charge < -0.3 is 19.6 Å². The number of pyridine rings is 1. The van der Waals surface area contributed by atoms with Gasteiger partial charge in [-0.2, -0.15) is 0 Å². The summed E-state index contributed by atoms with van der Waals surface area (Å²) in [6.45, 7) is 0. The van der Waals surface area contributed by atoms with Crippen LogP contribution in [-0.2, 0) is 4.79 Å². The molecule has 0 atom stereocenters. The largest absolute Gasteiger partial charge is 0.497 e. The number of aromatic amines is 1. The highest BCUT2D eigenvalue weighted by Gasteiger charge is 2.24. The van der Waals surface area contributed by atoms with Gasteiger partial charge in [0, 0.05) is 47.3 Å². The number of nitrogens with zero attached hydrogens (tertiary/aromatic N) is 4. The molecule has 0 saturated heterocycles. The SMILES string of the molecule is COc1ccc(-c2nnc(C3=CN=C(c4ccc(O[C@H]5CC[C@H](CC(=O)O)CC5)nc4)CC3)[nH]2)cc1. The Labute approximate surface area is 209 Å². The van der Waals surface area contributed by atoms with Crippen molar-refractivity contribution in [3.63, 3.8) is 0 Å². The molecule has 1 fully saturated rings. The number of benzene rings is 1. The van der Waals surface area contributed by atoms with Crippen molar-refractivity contribution >= 4 is 17.3 Å². The third kappa shape index (κ3) is 5.62. The van der Waals surface area contributed by atoms with Crippen molar-refractivity contribution in [2.24, 2.45) is 10.9 Å². The molecule has 9 heteroatoms. The van der Waals surface area contributed by atoms with Crippen LogP contribution >= 0.6 is 0 Å². The van der Waals surface area contributed by atoms with E-state index in [1.807, 2.05) is 42.6 Å². The molecule has 1 aromatic carbocycles. The van der Waals surface area contributed by atoms with Crippen LogP contribution in [0, 0.1) is 5.92 Å². The van der Waals surface area contributed by atoms with Gasteiger partial charge in [-0.3, -0.25) is 9.79 Å². The molecule has 5 rings (SSSR count). The number of H-pyrrole nitrogens is 1. The molecule has 2 aromatic heterocycles. The van der Waals surface area contributed by atoms with Gasteiger partial charge in [0.25, 0.3) is 0 Å². The molecule has 2 aliphatic rings. The molecule has 3 aromatic rings. The summed E-state index contributed by atoms with van der Waals surface area (Å²) in [6.07, 6.45) is 9.06. The zero-order chi connectivity index (χ0) is 24.9. The monoisotopic (exact) mass is 487 g/mol. The number of hydrogen-bond acceptors (Lipinski definition) is 7. The predicted octanol–water partition coefficient (Wildman–Crippen LogP) is 4.91. The minimum Gasteiger partial charge on any atom is -0.497 e. The maximum atomic E-state index is 10.9. The Kier molecular flexibility index (Phi) is 7.06. The lowest BCUT2D eigenvalue weighted by Gasteiger charge is -2.27. The van der Waals surface area contributed by atoms with Crippen LogP contribution in [0.4, 0.5) is 0 Å². The fourth-order valence-electron chi connectivity index (χ4n) is 4.71. The predicted molar refractivity (Wildman–Crippen MR) is 135 cm³/mol. The lowest BCUT2D eigenvalue weighted by atomic mass is 9.85. The minimum absolute atomic E-state index is 0.0932. The first-order valence-electron chi connectivity index (χ1n) is 12.3. The Hall–Kier alpha value is -4.01. The summed E-state index contributed by atoms with van der Waals surface area (Å²) in [7, 11) is 1.64. The number of methoxy groups -OCH3 is 1. The van der Waals surface area contributed by atoms with Crippen LogP contribution in [0.1, 0.15) is 56.3 Å². The first-order valence-corrected chi connectivity index (χ1v) is 12.3. The molecule has 9 nitrogen and oxygen atoms in total. The normalized spacial score (nSPS) is 19.8. The third-order valence-corrected chi connectivity index (χ3v) is 6.78. The molecule has 186 valence electrons. The number of hydrogen-bond donors (Lipinski definition) is 2. The van der Waals surface area contributed by atoms with Gasteiger partial charge >= 0.3 is 5.97 Å². The highest BCUT2D eigenvalue weighted by molar-refractivity contribution is 6.02. The van der Waals surface area contributed by atoms with Crippen LogP contribution in [0.5, 0.6) is 11.6 Å². The van der Waals surface area contributed by atoms with Crippen LogP contribution in [-0.4, -0.2) is 50.2 Å². The van der Waals surface area contributed by atoms with E-state index < -0.39 is 5.97 Å². The van der Waals surface area contributed by atoms with Crippen molar-refractivity contribution in [3.8, 4) is 23.0 Å². The van der Waals surface area contributed by atoms with E-state index >= 15 is 0 Å². The maximum Gasteiger partial charge on any atom is 0.303 e. The Morgan fingerprint density at radius 3 is 2.39 bits per heavy atom. The molecule has 0 radical (unpaired) electrons. The molecule has 0 spiro atoms. The van der Waals surface area contributed by atoms with Crippen molar-refractivity contribution in [1.29, 1.82) is 0 Å². The molecule has 0 unspecified atom stereocenters. The van der Waals surface area contributed by atoms with Crippen molar-refractivity contribution in [1.82, 2.24) is 20.2 Å². The summed E-state index contributed by atoms with van der Waals surface area (Å²) < 4.78 is 11.2.